The molecular weight excluding hydrogens is 430 g/mol. The second-order valence-corrected chi connectivity index (χ2v) is 8.13. The van der Waals surface area contributed by atoms with Gasteiger partial charge in [-0.15, -0.1) is 10.2 Å². The van der Waals surface area contributed by atoms with E-state index in [1.165, 1.54) is 36.0 Å². The average Bonchev–Trinajstić information content (AvgIpc) is 3.13. The van der Waals surface area contributed by atoms with Gasteiger partial charge in [-0.2, -0.15) is 0 Å². The molecule has 1 atom stereocenters. The predicted molar refractivity (Wildman–Crippen MR) is 121 cm³/mol. The summed E-state index contributed by atoms with van der Waals surface area (Å²) in [6.45, 7) is 3.74. The Morgan fingerprint density at radius 2 is 1.81 bits per heavy atom. The molecule has 0 bridgehead atoms. The van der Waals surface area contributed by atoms with Crippen LogP contribution < -0.4 is 10.6 Å². The zero-order valence-electron chi connectivity index (χ0n) is 17.8. The van der Waals surface area contributed by atoms with Crippen molar-refractivity contribution in [3.05, 3.63) is 71.0 Å². The molecule has 2 aromatic carbocycles. The lowest BCUT2D eigenvalue weighted by atomic mass is 10.1. The minimum Gasteiger partial charge on any atom is -0.478 e. The predicted octanol–water partition coefficient (Wildman–Crippen LogP) is 3.04. The van der Waals surface area contributed by atoms with Gasteiger partial charge in [0.15, 0.2) is 11.0 Å². The van der Waals surface area contributed by atoms with Gasteiger partial charge in [-0.25, -0.2) is 4.79 Å². The third-order valence-corrected chi connectivity index (χ3v) is 5.65. The fraction of sp³-hybridized carbons (Fsp3) is 0.227. The number of carbonyl (C=O) groups excluding carboxylic acids is 2. The summed E-state index contributed by atoms with van der Waals surface area (Å²) in [6.07, 6.45) is 0. The van der Waals surface area contributed by atoms with Crippen molar-refractivity contribution in [3.63, 3.8) is 0 Å². The van der Waals surface area contributed by atoms with E-state index in [2.05, 4.69) is 20.8 Å². The van der Waals surface area contributed by atoms with Crippen molar-refractivity contribution in [3.8, 4) is 0 Å². The first kappa shape index (κ1) is 23.0. The fourth-order valence-electron chi connectivity index (χ4n) is 2.98. The number of carboxylic acids is 1. The number of hydrogen-bond acceptors (Lipinski definition) is 6. The fourth-order valence-corrected chi connectivity index (χ4v) is 3.70. The molecule has 0 saturated heterocycles. The van der Waals surface area contributed by atoms with Gasteiger partial charge in [0.1, 0.15) is 0 Å². The number of nitrogens with zero attached hydrogens (tertiary/aromatic N) is 3. The molecule has 0 radical (unpaired) electrons. The maximum Gasteiger partial charge on any atom is 0.335 e. The first-order valence-electron chi connectivity index (χ1n) is 9.77. The minimum absolute atomic E-state index is 0.0939. The minimum atomic E-state index is -1.03. The monoisotopic (exact) mass is 453 g/mol. The zero-order chi connectivity index (χ0) is 23.3. The van der Waals surface area contributed by atoms with Gasteiger partial charge in [0.2, 0.25) is 5.91 Å². The summed E-state index contributed by atoms with van der Waals surface area (Å²) in [5.74, 6) is -0.828. The van der Waals surface area contributed by atoms with Crippen LogP contribution >= 0.6 is 11.8 Å². The number of anilines is 1. The smallest absolute Gasteiger partial charge is 0.335 e. The van der Waals surface area contributed by atoms with Crippen molar-refractivity contribution in [2.75, 3.05) is 11.1 Å². The summed E-state index contributed by atoms with van der Waals surface area (Å²) in [7, 11) is 1.77. The Morgan fingerprint density at radius 3 is 2.47 bits per heavy atom. The van der Waals surface area contributed by atoms with Crippen LogP contribution in [0.2, 0.25) is 0 Å². The summed E-state index contributed by atoms with van der Waals surface area (Å²) in [6, 6.07) is 12.9. The van der Waals surface area contributed by atoms with Gasteiger partial charge in [0, 0.05) is 18.3 Å². The molecule has 0 aliphatic rings. The lowest BCUT2D eigenvalue weighted by Gasteiger charge is -2.14. The van der Waals surface area contributed by atoms with Crippen LogP contribution in [-0.2, 0) is 11.8 Å². The summed E-state index contributed by atoms with van der Waals surface area (Å²) >= 11 is 1.21. The van der Waals surface area contributed by atoms with E-state index >= 15 is 0 Å². The maximum absolute atomic E-state index is 12.5. The number of nitrogens with one attached hydrogen (secondary N) is 2. The van der Waals surface area contributed by atoms with Crippen molar-refractivity contribution < 1.29 is 19.5 Å². The molecule has 1 heterocycles. The second kappa shape index (κ2) is 10.1. The summed E-state index contributed by atoms with van der Waals surface area (Å²) in [4.78, 5) is 35.6. The molecule has 3 rings (SSSR count). The Bertz CT molecular complexity index is 1140. The number of aromatic carboxylic acids is 1. The number of amides is 2. The number of carboxylic acid groups (broad SMARTS) is 1. The van der Waals surface area contributed by atoms with Gasteiger partial charge >= 0.3 is 5.97 Å². The lowest BCUT2D eigenvalue weighted by Crippen LogP contribution is -2.28. The van der Waals surface area contributed by atoms with E-state index in [-0.39, 0.29) is 29.2 Å². The molecule has 32 heavy (non-hydrogen) atoms. The van der Waals surface area contributed by atoms with Crippen LogP contribution in [0.3, 0.4) is 0 Å². The SMILES string of the molecule is Cc1cccc(C(=O)N[C@H](C)c2nnc(SCC(=O)Nc3ccc(C(=O)O)cc3)n2C)c1. The normalized spacial score (nSPS) is 11.6. The topological polar surface area (TPSA) is 126 Å². The zero-order valence-corrected chi connectivity index (χ0v) is 18.6. The highest BCUT2D eigenvalue weighted by Crippen LogP contribution is 2.20. The first-order valence-corrected chi connectivity index (χ1v) is 10.8. The number of aryl methyl sites for hydroxylation is 1. The number of hydrogen-bond donors (Lipinski definition) is 3. The number of rotatable bonds is 8. The van der Waals surface area contributed by atoms with Crippen LogP contribution in [0.25, 0.3) is 0 Å². The molecule has 1 aromatic heterocycles. The standard InChI is InChI=1S/C22H23N5O4S/c1-13-5-4-6-16(11-13)20(29)23-14(2)19-25-26-22(27(19)3)32-12-18(28)24-17-9-7-15(8-10-17)21(30)31/h4-11,14H,12H2,1-3H3,(H,23,29)(H,24,28)(H,30,31)/t14-/m1/s1. The van der Waals surface area contributed by atoms with E-state index in [1.807, 2.05) is 32.0 Å². The van der Waals surface area contributed by atoms with Gasteiger partial charge in [0.25, 0.3) is 5.91 Å². The molecule has 0 unspecified atom stereocenters. The van der Waals surface area contributed by atoms with E-state index < -0.39 is 5.97 Å². The molecule has 2 amide bonds. The molecule has 3 aromatic rings. The van der Waals surface area contributed by atoms with E-state index in [1.54, 1.807) is 17.7 Å². The Hall–Kier alpha value is -3.66. The maximum atomic E-state index is 12.5. The summed E-state index contributed by atoms with van der Waals surface area (Å²) in [5.41, 5.74) is 2.22. The first-order chi connectivity index (χ1) is 15.2. The van der Waals surface area contributed by atoms with Crippen LogP contribution in [0.15, 0.2) is 53.7 Å². The van der Waals surface area contributed by atoms with Crippen molar-refractivity contribution in [1.29, 1.82) is 0 Å². The Morgan fingerprint density at radius 1 is 1.09 bits per heavy atom. The van der Waals surface area contributed by atoms with E-state index in [0.29, 0.717) is 22.2 Å². The van der Waals surface area contributed by atoms with Crippen LogP contribution in [0.1, 0.15) is 45.1 Å². The number of thioether (sulfide) groups is 1. The lowest BCUT2D eigenvalue weighted by molar-refractivity contribution is -0.113. The molecular formula is C22H23N5O4S. The Kier molecular flexibility index (Phi) is 7.26. The van der Waals surface area contributed by atoms with Gasteiger partial charge in [-0.3, -0.25) is 9.59 Å². The molecule has 9 nitrogen and oxygen atoms in total. The van der Waals surface area contributed by atoms with Crippen LogP contribution in [0, 0.1) is 6.92 Å². The largest absolute Gasteiger partial charge is 0.478 e. The molecule has 0 fully saturated rings. The third-order valence-electron chi connectivity index (χ3n) is 4.63. The van der Waals surface area contributed by atoms with Crippen LogP contribution in [-0.4, -0.2) is 43.4 Å². The highest BCUT2D eigenvalue weighted by molar-refractivity contribution is 7.99. The van der Waals surface area contributed by atoms with Crippen LogP contribution in [0.5, 0.6) is 0 Å². The second-order valence-electron chi connectivity index (χ2n) is 7.18. The number of benzene rings is 2. The third kappa shape index (κ3) is 5.73. The van der Waals surface area contributed by atoms with E-state index in [4.69, 9.17) is 5.11 Å². The summed E-state index contributed by atoms with van der Waals surface area (Å²) in [5, 5.41) is 23.4. The van der Waals surface area contributed by atoms with Gasteiger partial charge in [0.05, 0.1) is 17.4 Å². The van der Waals surface area contributed by atoms with Crippen molar-refractivity contribution in [2.24, 2.45) is 7.05 Å². The van der Waals surface area contributed by atoms with Crippen LogP contribution in [0.4, 0.5) is 5.69 Å². The van der Waals surface area contributed by atoms with Gasteiger partial charge in [-0.05, 0) is 50.2 Å². The molecule has 10 heteroatoms. The van der Waals surface area contributed by atoms with Gasteiger partial charge in [-0.1, -0.05) is 29.5 Å². The van der Waals surface area contributed by atoms with E-state index in [0.717, 1.165) is 5.56 Å². The van der Waals surface area contributed by atoms with Crippen molar-refractivity contribution in [2.45, 2.75) is 25.0 Å². The molecule has 166 valence electrons. The molecule has 0 aliphatic heterocycles. The number of aromatic nitrogens is 3. The number of carbonyl (C=O) groups is 3. The van der Waals surface area contributed by atoms with E-state index in [9.17, 15) is 14.4 Å². The quantitative estimate of drug-likeness (QED) is 0.448. The van der Waals surface area contributed by atoms with Crippen molar-refractivity contribution in [1.82, 2.24) is 20.1 Å². The van der Waals surface area contributed by atoms with Gasteiger partial charge < -0.3 is 20.3 Å². The highest BCUT2D eigenvalue weighted by Gasteiger charge is 2.19. The highest BCUT2D eigenvalue weighted by atomic mass is 32.2. The Labute approximate surface area is 189 Å². The molecule has 0 aliphatic carbocycles. The molecule has 0 spiro atoms. The Balaban J connectivity index is 1.56. The molecule has 3 N–H and O–H groups in total. The van der Waals surface area contributed by atoms with Crippen molar-refractivity contribution >= 4 is 35.2 Å². The average molecular weight is 454 g/mol. The molecule has 0 saturated carbocycles. The summed E-state index contributed by atoms with van der Waals surface area (Å²) < 4.78 is 1.74.